The Balaban J connectivity index is 1.94. The first-order chi connectivity index (χ1) is 9.54. The van der Waals surface area contributed by atoms with Crippen LogP contribution in [0.15, 0.2) is 41.4 Å². The summed E-state index contributed by atoms with van der Waals surface area (Å²) in [6.07, 6.45) is 0.129. The van der Waals surface area contributed by atoms with Gasteiger partial charge in [-0.2, -0.15) is 0 Å². The smallest absolute Gasteiger partial charge is 0.147 e. The van der Waals surface area contributed by atoms with Gasteiger partial charge in [-0.3, -0.25) is 4.79 Å². The Morgan fingerprint density at radius 2 is 2.00 bits per heavy atom. The normalized spacial score (nSPS) is 10.6. The number of thioether (sulfide) groups is 1. The molecule has 0 atom stereocenters. The van der Waals surface area contributed by atoms with E-state index in [1.54, 1.807) is 18.2 Å². The number of Topliss-reactive ketones (excluding diaryl/α,β-unsaturated/α-hetero) is 1. The van der Waals surface area contributed by atoms with E-state index in [9.17, 15) is 9.18 Å². The minimum absolute atomic E-state index is 0.000981. The highest BCUT2D eigenvalue weighted by atomic mass is 32.2. The molecule has 0 unspecified atom stereocenters. The maximum Gasteiger partial charge on any atom is 0.147 e. The average molecular weight is 289 g/mol. The minimum Gasteiger partial charge on any atom is -0.298 e. The molecule has 0 aliphatic heterocycles. The molecule has 104 valence electrons. The van der Waals surface area contributed by atoms with Crippen molar-refractivity contribution >= 4 is 17.5 Å². The fourth-order valence-electron chi connectivity index (χ4n) is 1.94. The number of ketones is 1. The minimum atomic E-state index is -0.324. The predicted molar refractivity (Wildman–Crippen MR) is 79.5 cm³/mol. The van der Waals surface area contributed by atoms with Crippen molar-refractivity contribution in [2.45, 2.75) is 25.3 Å². The number of nitrogens with zero attached hydrogens (tertiary/aromatic N) is 1. The lowest BCUT2D eigenvalue weighted by atomic mass is 10.1. The van der Waals surface area contributed by atoms with Crippen LogP contribution in [0.3, 0.4) is 0 Å². The van der Waals surface area contributed by atoms with E-state index >= 15 is 0 Å². The quantitative estimate of drug-likeness (QED) is 0.785. The number of aromatic nitrogens is 1. The Morgan fingerprint density at radius 3 is 2.70 bits per heavy atom. The Bertz CT molecular complexity index is 607. The number of aryl methyl sites for hydroxylation is 2. The molecule has 2 rings (SSSR count). The average Bonchev–Trinajstić information content (AvgIpc) is 2.38. The molecule has 1 aromatic carbocycles. The summed E-state index contributed by atoms with van der Waals surface area (Å²) in [6, 6.07) is 10.3. The number of hydrogen-bond donors (Lipinski definition) is 0. The van der Waals surface area contributed by atoms with E-state index in [4.69, 9.17) is 0 Å². The van der Waals surface area contributed by atoms with E-state index in [0.29, 0.717) is 11.3 Å². The van der Waals surface area contributed by atoms with Crippen molar-refractivity contribution in [2.75, 3.05) is 5.75 Å². The fourth-order valence-corrected chi connectivity index (χ4v) is 2.83. The zero-order valence-electron chi connectivity index (χ0n) is 11.5. The van der Waals surface area contributed by atoms with E-state index in [-0.39, 0.29) is 18.0 Å². The van der Waals surface area contributed by atoms with Gasteiger partial charge in [0.25, 0.3) is 0 Å². The van der Waals surface area contributed by atoms with Gasteiger partial charge in [0.05, 0.1) is 10.8 Å². The van der Waals surface area contributed by atoms with Crippen molar-refractivity contribution in [3.63, 3.8) is 0 Å². The molecule has 0 radical (unpaired) electrons. The van der Waals surface area contributed by atoms with Crippen molar-refractivity contribution in [1.82, 2.24) is 4.98 Å². The van der Waals surface area contributed by atoms with E-state index in [0.717, 1.165) is 16.3 Å². The second-order valence-electron chi connectivity index (χ2n) is 4.72. The molecule has 20 heavy (non-hydrogen) atoms. The molecule has 0 amide bonds. The zero-order chi connectivity index (χ0) is 14.5. The topological polar surface area (TPSA) is 30.0 Å². The lowest BCUT2D eigenvalue weighted by molar-refractivity contribution is -0.116. The van der Waals surface area contributed by atoms with Gasteiger partial charge in [-0.25, -0.2) is 9.37 Å². The Kier molecular flexibility index (Phi) is 4.90. The molecule has 1 aromatic heterocycles. The van der Waals surface area contributed by atoms with Crippen molar-refractivity contribution in [2.24, 2.45) is 0 Å². The highest BCUT2D eigenvalue weighted by Crippen LogP contribution is 2.18. The van der Waals surface area contributed by atoms with Gasteiger partial charge >= 0.3 is 0 Å². The molecule has 0 aliphatic carbocycles. The first-order valence-electron chi connectivity index (χ1n) is 6.38. The number of carbonyl (C=O) groups excluding carboxylic acids is 1. The zero-order valence-corrected chi connectivity index (χ0v) is 12.3. The summed E-state index contributed by atoms with van der Waals surface area (Å²) < 4.78 is 13.4. The van der Waals surface area contributed by atoms with Crippen LogP contribution < -0.4 is 0 Å². The van der Waals surface area contributed by atoms with Crippen LogP contribution in [0.5, 0.6) is 0 Å². The Hall–Kier alpha value is -1.68. The van der Waals surface area contributed by atoms with Crippen molar-refractivity contribution in [3.8, 4) is 0 Å². The lowest BCUT2D eigenvalue weighted by Crippen LogP contribution is -2.07. The van der Waals surface area contributed by atoms with Crippen LogP contribution >= 0.6 is 11.8 Å². The van der Waals surface area contributed by atoms with Crippen LogP contribution in [-0.2, 0) is 11.2 Å². The second-order valence-corrected chi connectivity index (χ2v) is 5.72. The van der Waals surface area contributed by atoms with E-state index in [1.165, 1.54) is 17.8 Å². The van der Waals surface area contributed by atoms with Crippen molar-refractivity contribution in [1.29, 1.82) is 0 Å². The molecule has 4 heteroatoms. The molecule has 0 bridgehead atoms. The van der Waals surface area contributed by atoms with Crippen LogP contribution in [0.4, 0.5) is 4.39 Å². The first-order valence-corrected chi connectivity index (χ1v) is 7.36. The summed E-state index contributed by atoms with van der Waals surface area (Å²) >= 11 is 1.40. The van der Waals surface area contributed by atoms with Gasteiger partial charge in [-0.15, -0.1) is 0 Å². The lowest BCUT2D eigenvalue weighted by Gasteiger charge is -2.04. The third-order valence-electron chi connectivity index (χ3n) is 2.80. The molecule has 0 spiro atoms. The highest BCUT2D eigenvalue weighted by molar-refractivity contribution is 7.99. The molecule has 0 saturated carbocycles. The molecule has 2 aromatic rings. The molecule has 2 nitrogen and oxygen atoms in total. The fraction of sp³-hybridized carbons (Fsp3) is 0.250. The maximum atomic E-state index is 13.4. The van der Waals surface area contributed by atoms with Crippen LogP contribution in [0.25, 0.3) is 0 Å². The van der Waals surface area contributed by atoms with Crippen LogP contribution in [0, 0.1) is 19.7 Å². The number of pyridine rings is 1. The molecule has 0 saturated heterocycles. The highest BCUT2D eigenvalue weighted by Gasteiger charge is 2.09. The van der Waals surface area contributed by atoms with Gasteiger partial charge in [-0.1, -0.05) is 30.0 Å². The molecular formula is C16H16FNOS. The number of rotatable bonds is 5. The first kappa shape index (κ1) is 14.7. The van der Waals surface area contributed by atoms with Crippen LogP contribution in [-0.4, -0.2) is 16.5 Å². The summed E-state index contributed by atoms with van der Waals surface area (Å²) in [6.45, 7) is 3.93. The van der Waals surface area contributed by atoms with Gasteiger partial charge in [0.2, 0.25) is 0 Å². The largest absolute Gasteiger partial charge is 0.298 e. The van der Waals surface area contributed by atoms with Crippen molar-refractivity contribution in [3.05, 3.63) is 59.0 Å². The van der Waals surface area contributed by atoms with E-state index in [2.05, 4.69) is 4.98 Å². The second kappa shape index (κ2) is 6.66. The molecular weight excluding hydrogens is 273 g/mol. The number of halogens is 1. The summed E-state index contributed by atoms with van der Waals surface area (Å²) in [5, 5.41) is 0.837. The van der Waals surface area contributed by atoms with Crippen LogP contribution in [0.2, 0.25) is 0 Å². The monoisotopic (exact) mass is 289 g/mol. The number of benzene rings is 1. The van der Waals surface area contributed by atoms with Gasteiger partial charge in [0.1, 0.15) is 11.6 Å². The molecule has 0 N–H and O–H groups in total. The molecule has 0 aliphatic rings. The number of hydrogen-bond acceptors (Lipinski definition) is 3. The molecule has 0 fully saturated rings. The third-order valence-corrected chi connectivity index (χ3v) is 3.77. The van der Waals surface area contributed by atoms with E-state index < -0.39 is 0 Å². The van der Waals surface area contributed by atoms with E-state index in [1.807, 2.05) is 26.0 Å². The summed E-state index contributed by atoms with van der Waals surface area (Å²) in [7, 11) is 0. The SMILES string of the molecule is Cc1cc(C)nc(SCC(=O)Cc2ccccc2F)c1. The summed E-state index contributed by atoms with van der Waals surface area (Å²) in [4.78, 5) is 16.3. The van der Waals surface area contributed by atoms with Gasteiger partial charge in [-0.05, 0) is 43.2 Å². The standard InChI is InChI=1S/C16H16FNOS/c1-11-7-12(2)18-16(8-11)20-10-14(19)9-13-5-3-4-6-15(13)17/h3-8H,9-10H2,1-2H3. The van der Waals surface area contributed by atoms with Crippen molar-refractivity contribution < 1.29 is 9.18 Å². The van der Waals surface area contributed by atoms with Gasteiger partial charge in [0.15, 0.2) is 0 Å². The Labute approximate surface area is 122 Å². The summed E-state index contributed by atoms with van der Waals surface area (Å²) in [5.74, 6) is -0.0130. The Morgan fingerprint density at radius 1 is 1.25 bits per heavy atom. The summed E-state index contributed by atoms with van der Waals surface area (Å²) in [5.41, 5.74) is 2.52. The molecule has 1 heterocycles. The maximum absolute atomic E-state index is 13.4. The van der Waals surface area contributed by atoms with Gasteiger partial charge < -0.3 is 0 Å². The van der Waals surface area contributed by atoms with Gasteiger partial charge in [0, 0.05) is 12.1 Å². The van der Waals surface area contributed by atoms with Crippen LogP contribution in [0.1, 0.15) is 16.8 Å². The third kappa shape index (κ3) is 4.17. The number of carbonyl (C=O) groups is 1. The predicted octanol–water partition coefficient (Wildman–Crippen LogP) is 3.74.